The smallest absolute Gasteiger partial charge is 0.214 e. The molecule has 0 amide bonds. The highest BCUT2D eigenvalue weighted by Gasteiger charge is 2.02. The lowest BCUT2D eigenvalue weighted by molar-refractivity contribution is 0.260. The predicted molar refractivity (Wildman–Crippen MR) is 58.3 cm³/mol. The van der Waals surface area contributed by atoms with Crippen molar-refractivity contribution in [1.82, 2.24) is 4.98 Å². The van der Waals surface area contributed by atoms with Crippen LogP contribution < -0.4 is 10.5 Å². The Morgan fingerprint density at radius 3 is 3.06 bits per heavy atom. The van der Waals surface area contributed by atoms with E-state index in [-0.39, 0.29) is 5.84 Å². The molecule has 5 nitrogen and oxygen atoms in total. The Morgan fingerprint density at radius 2 is 2.38 bits per heavy atom. The fourth-order valence-electron chi connectivity index (χ4n) is 1.20. The van der Waals surface area contributed by atoms with Crippen LogP contribution in [-0.2, 0) is 6.61 Å². The zero-order chi connectivity index (χ0) is 11.4. The van der Waals surface area contributed by atoms with E-state index >= 15 is 0 Å². The Morgan fingerprint density at radius 1 is 1.50 bits per heavy atom. The van der Waals surface area contributed by atoms with Gasteiger partial charge in [0.05, 0.1) is 6.26 Å². The summed E-state index contributed by atoms with van der Waals surface area (Å²) in [4.78, 5) is 4.01. The number of nitrogens with zero attached hydrogens (tertiary/aromatic N) is 1. The summed E-state index contributed by atoms with van der Waals surface area (Å²) in [6, 6.07) is 6.88. The highest BCUT2D eigenvalue weighted by atomic mass is 16.5. The van der Waals surface area contributed by atoms with Crippen LogP contribution in [0.25, 0.3) is 0 Å². The quantitative estimate of drug-likeness (QED) is 0.600. The number of pyridine rings is 1. The molecular formula is C11H11N3O2. The van der Waals surface area contributed by atoms with E-state index < -0.39 is 0 Å². The lowest BCUT2D eigenvalue weighted by atomic mass is 10.2. The Hall–Kier alpha value is -2.30. The molecule has 2 rings (SSSR count). The van der Waals surface area contributed by atoms with Crippen molar-refractivity contribution in [2.45, 2.75) is 6.61 Å². The number of nitrogens with two attached hydrogens (primary N) is 1. The molecule has 2 aromatic rings. The second kappa shape index (κ2) is 4.48. The molecule has 16 heavy (non-hydrogen) atoms. The molecule has 2 aromatic heterocycles. The van der Waals surface area contributed by atoms with Gasteiger partial charge in [0.15, 0.2) is 0 Å². The summed E-state index contributed by atoms with van der Waals surface area (Å²) in [7, 11) is 0. The first-order valence-corrected chi connectivity index (χ1v) is 4.71. The van der Waals surface area contributed by atoms with E-state index in [2.05, 4.69) is 4.98 Å². The molecule has 0 fully saturated rings. The molecular weight excluding hydrogens is 206 g/mol. The van der Waals surface area contributed by atoms with Crippen LogP contribution in [0.5, 0.6) is 5.88 Å². The van der Waals surface area contributed by atoms with Crippen molar-refractivity contribution in [2.75, 3.05) is 0 Å². The van der Waals surface area contributed by atoms with Gasteiger partial charge in [-0.3, -0.25) is 5.41 Å². The van der Waals surface area contributed by atoms with Crippen molar-refractivity contribution in [3.63, 3.8) is 0 Å². The lowest BCUT2D eigenvalue weighted by Gasteiger charge is -2.04. The van der Waals surface area contributed by atoms with Gasteiger partial charge in [-0.2, -0.15) is 0 Å². The van der Waals surface area contributed by atoms with Crippen LogP contribution in [0.3, 0.4) is 0 Å². The van der Waals surface area contributed by atoms with E-state index in [0.717, 1.165) is 5.76 Å². The fraction of sp³-hybridized carbons (Fsp3) is 0.0909. The molecule has 82 valence electrons. The minimum atomic E-state index is -0.00903. The normalized spacial score (nSPS) is 10.0. The second-order valence-electron chi connectivity index (χ2n) is 3.16. The van der Waals surface area contributed by atoms with Crippen molar-refractivity contribution in [3.05, 3.63) is 48.0 Å². The monoisotopic (exact) mass is 217 g/mol. The van der Waals surface area contributed by atoms with E-state index in [1.807, 2.05) is 6.07 Å². The molecule has 0 radical (unpaired) electrons. The van der Waals surface area contributed by atoms with Gasteiger partial charge in [-0.1, -0.05) is 0 Å². The van der Waals surface area contributed by atoms with Crippen LogP contribution >= 0.6 is 0 Å². The van der Waals surface area contributed by atoms with Crippen molar-refractivity contribution >= 4 is 5.84 Å². The van der Waals surface area contributed by atoms with E-state index in [0.29, 0.717) is 18.1 Å². The summed E-state index contributed by atoms with van der Waals surface area (Å²) in [5, 5.41) is 7.28. The molecule has 0 aliphatic heterocycles. The van der Waals surface area contributed by atoms with Crippen LogP contribution in [0.4, 0.5) is 0 Å². The highest BCUT2D eigenvalue weighted by Crippen LogP contribution is 2.11. The standard InChI is InChI=1S/C11H11N3O2/c12-11(13)8-3-4-14-10(6-8)16-7-9-2-1-5-15-9/h1-6H,7H2,(H3,12,13). The third-order valence-corrected chi connectivity index (χ3v) is 1.99. The van der Waals surface area contributed by atoms with E-state index in [4.69, 9.17) is 20.3 Å². The number of furan rings is 1. The van der Waals surface area contributed by atoms with Crippen LogP contribution in [0.15, 0.2) is 41.1 Å². The molecule has 2 heterocycles. The molecule has 0 aliphatic carbocycles. The first kappa shape index (κ1) is 10.2. The van der Waals surface area contributed by atoms with Gasteiger partial charge in [-0.05, 0) is 18.2 Å². The lowest BCUT2D eigenvalue weighted by Crippen LogP contribution is -2.11. The predicted octanol–water partition coefficient (Wildman–Crippen LogP) is 1.54. The van der Waals surface area contributed by atoms with Crippen molar-refractivity contribution < 1.29 is 9.15 Å². The first-order chi connectivity index (χ1) is 7.75. The van der Waals surface area contributed by atoms with Crippen molar-refractivity contribution in [1.29, 1.82) is 5.41 Å². The van der Waals surface area contributed by atoms with Gasteiger partial charge in [-0.25, -0.2) is 4.98 Å². The Kier molecular flexibility index (Phi) is 2.86. The van der Waals surface area contributed by atoms with Crippen LogP contribution in [0, 0.1) is 5.41 Å². The van der Waals surface area contributed by atoms with Gasteiger partial charge in [0, 0.05) is 17.8 Å². The van der Waals surface area contributed by atoms with Gasteiger partial charge in [0.2, 0.25) is 5.88 Å². The van der Waals surface area contributed by atoms with Crippen LogP contribution in [-0.4, -0.2) is 10.8 Å². The number of rotatable bonds is 4. The van der Waals surface area contributed by atoms with Crippen LogP contribution in [0.2, 0.25) is 0 Å². The number of nitrogens with one attached hydrogen (secondary N) is 1. The van der Waals surface area contributed by atoms with Gasteiger partial charge in [0.1, 0.15) is 18.2 Å². The number of hydrogen-bond donors (Lipinski definition) is 2. The second-order valence-corrected chi connectivity index (χ2v) is 3.16. The maximum absolute atomic E-state index is 7.28. The first-order valence-electron chi connectivity index (χ1n) is 4.71. The fourth-order valence-corrected chi connectivity index (χ4v) is 1.20. The third kappa shape index (κ3) is 2.38. The summed E-state index contributed by atoms with van der Waals surface area (Å²) in [6.45, 7) is 0.307. The van der Waals surface area contributed by atoms with Gasteiger partial charge < -0.3 is 14.9 Å². The third-order valence-electron chi connectivity index (χ3n) is 1.99. The van der Waals surface area contributed by atoms with Gasteiger partial charge in [-0.15, -0.1) is 0 Å². The number of nitrogen functional groups attached to an aromatic ring is 1. The van der Waals surface area contributed by atoms with Crippen molar-refractivity contribution in [2.24, 2.45) is 5.73 Å². The summed E-state index contributed by atoms with van der Waals surface area (Å²) in [6.07, 6.45) is 3.13. The molecule has 0 bridgehead atoms. The number of amidine groups is 1. The summed E-state index contributed by atoms with van der Waals surface area (Å²) < 4.78 is 10.5. The molecule has 0 aromatic carbocycles. The van der Waals surface area contributed by atoms with Gasteiger partial charge in [0.25, 0.3) is 0 Å². The molecule has 0 saturated heterocycles. The number of ether oxygens (including phenoxy) is 1. The summed E-state index contributed by atoms with van der Waals surface area (Å²) in [5.41, 5.74) is 5.94. The molecule has 3 N–H and O–H groups in total. The zero-order valence-corrected chi connectivity index (χ0v) is 8.51. The number of hydrogen-bond acceptors (Lipinski definition) is 4. The molecule has 0 unspecified atom stereocenters. The summed E-state index contributed by atoms with van der Waals surface area (Å²) in [5.74, 6) is 1.13. The van der Waals surface area contributed by atoms with E-state index in [9.17, 15) is 0 Å². The van der Waals surface area contributed by atoms with Gasteiger partial charge >= 0.3 is 0 Å². The molecule has 0 spiro atoms. The average molecular weight is 217 g/mol. The minimum Gasteiger partial charge on any atom is -0.469 e. The molecule has 0 aliphatic rings. The summed E-state index contributed by atoms with van der Waals surface area (Å²) >= 11 is 0. The largest absolute Gasteiger partial charge is 0.469 e. The van der Waals surface area contributed by atoms with E-state index in [1.54, 1.807) is 30.7 Å². The van der Waals surface area contributed by atoms with E-state index in [1.165, 1.54) is 0 Å². The Bertz CT molecular complexity index is 480. The maximum atomic E-state index is 7.28. The average Bonchev–Trinajstić information content (AvgIpc) is 2.79. The topological polar surface area (TPSA) is 85.1 Å². The Balaban J connectivity index is 2.04. The zero-order valence-electron chi connectivity index (χ0n) is 8.51. The molecule has 0 atom stereocenters. The molecule has 5 heteroatoms. The molecule has 0 saturated carbocycles. The SMILES string of the molecule is N=C(N)c1ccnc(OCc2ccco2)c1. The number of aromatic nitrogens is 1. The maximum Gasteiger partial charge on any atom is 0.214 e. The van der Waals surface area contributed by atoms with Crippen molar-refractivity contribution in [3.8, 4) is 5.88 Å². The van der Waals surface area contributed by atoms with Crippen LogP contribution in [0.1, 0.15) is 11.3 Å². The Labute approximate surface area is 92.4 Å². The highest BCUT2D eigenvalue weighted by molar-refractivity contribution is 5.95. The minimum absolute atomic E-state index is 0.00903.